The number of rotatable bonds is 6. The number of amides is 1. The van der Waals surface area contributed by atoms with Crippen LogP contribution in [-0.2, 0) is 17.6 Å². The molecule has 0 radical (unpaired) electrons. The summed E-state index contributed by atoms with van der Waals surface area (Å²) in [5.74, 6) is -0.328. The third-order valence-corrected chi connectivity index (χ3v) is 5.19. The molecule has 0 spiro atoms. The number of hydrogen-bond acceptors (Lipinski definition) is 6. The highest BCUT2D eigenvalue weighted by Gasteiger charge is 2.12. The number of nitrogens with zero attached hydrogens (tertiary/aromatic N) is 2. The first-order valence-electron chi connectivity index (χ1n) is 7.43. The molecule has 3 rings (SSSR count). The Labute approximate surface area is 157 Å². The highest BCUT2D eigenvalue weighted by molar-refractivity contribution is 7.14. The predicted octanol–water partition coefficient (Wildman–Crippen LogP) is 4.23. The Morgan fingerprint density at radius 3 is 2.76 bits per heavy atom. The Balaban J connectivity index is 1.58. The summed E-state index contributed by atoms with van der Waals surface area (Å²) in [6.07, 6.45) is 0.850. The third kappa shape index (κ3) is 4.94. The molecule has 0 bridgehead atoms. The lowest BCUT2D eigenvalue weighted by Gasteiger charge is -2.00. The molecule has 1 amide bonds. The molecular weight excluding hydrogens is 378 g/mol. The highest BCUT2D eigenvalue weighted by atomic mass is 35.5. The van der Waals surface area contributed by atoms with Gasteiger partial charge in [0.2, 0.25) is 5.91 Å². The molecule has 25 heavy (non-hydrogen) atoms. The lowest BCUT2D eigenvalue weighted by molar-refractivity contribution is -0.115. The van der Waals surface area contributed by atoms with Gasteiger partial charge < -0.3 is 5.32 Å². The minimum Gasteiger partial charge on any atom is -0.302 e. The van der Waals surface area contributed by atoms with Crippen LogP contribution in [0.4, 0.5) is 5.13 Å². The molecule has 3 aromatic rings. The van der Waals surface area contributed by atoms with E-state index in [9.17, 15) is 9.59 Å². The minimum atomic E-state index is -0.205. The number of thiazole rings is 2. The van der Waals surface area contributed by atoms with Crippen molar-refractivity contribution in [1.82, 2.24) is 9.97 Å². The first kappa shape index (κ1) is 17.7. The number of nitrogens with one attached hydrogen (secondary N) is 1. The van der Waals surface area contributed by atoms with Crippen LogP contribution in [0.25, 0.3) is 0 Å². The maximum Gasteiger partial charge on any atom is 0.232 e. The normalized spacial score (nSPS) is 10.6. The number of benzene rings is 1. The Hall–Kier alpha value is -2.09. The second-order valence-electron chi connectivity index (χ2n) is 5.36. The molecular formula is C17H14ClN3O2S2. The number of carbonyl (C=O) groups excluding carboxylic acids is 2. The van der Waals surface area contributed by atoms with Crippen LogP contribution < -0.4 is 5.32 Å². The van der Waals surface area contributed by atoms with E-state index in [4.69, 9.17) is 11.6 Å². The smallest absolute Gasteiger partial charge is 0.232 e. The molecule has 2 aromatic heterocycles. The Morgan fingerprint density at radius 2 is 2.04 bits per heavy atom. The van der Waals surface area contributed by atoms with Gasteiger partial charge in [0.25, 0.3) is 0 Å². The summed E-state index contributed by atoms with van der Waals surface area (Å²) in [5, 5.41) is 8.25. The Kier molecular flexibility index (Phi) is 5.57. The van der Waals surface area contributed by atoms with Gasteiger partial charge in [-0.3, -0.25) is 9.59 Å². The number of ketones is 1. The summed E-state index contributed by atoms with van der Waals surface area (Å²) >= 11 is 8.73. The van der Waals surface area contributed by atoms with Crippen LogP contribution in [0.15, 0.2) is 35.0 Å². The highest BCUT2D eigenvalue weighted by Crippen LogP contribution is 2.19. The van der Waals surface area contributed by atoms with Gasteiger partial charge >= 0.3 is 0 Å². The molecule has 1 N–H and O–H groups in total. The zero-order chi connectivity index (χ0) is 17.8. The largest absolute Gasteiger partial charge is 0.302 e. The quantitative estimate of drug-likeness (QED) is 0.638. The van der Waals surface area contributed by atoms with Gasteiger partial charge in [-0.2, -0.15) is 0 Å². The Bertz CT molecular complexity index is 920. The van der Waals surface area contributed by atoms with Gasteiger partial charge in [0.15, 0.2) is 10.9 Å². The molecule has 0 unspecified atom stereocenters. The van der Waals surface area contributed by atoms with E-state index in [0.717, 1.165) is 10.6 Å². The van der Waals surface area contributed by atoms with E-state index in [2.05, 4.69) is 15.3 Å². The van der Waals surface area contributed by atoms with E-state index in [0.29, 0.717) is 28.0 Å². The molecule has 0 aliphatic rings. The van der Waals surface area contributed by atoms with E-state index < -0.39 is 0 Å². The van der Waals surface area contributed by atoms with E-state index in [1.54, 1.807) is 5.38 Å². The second-order valence-corrected chi connectivity index (χ2v) is 7.60. The molecule has 2 heterocycles. The SMILES string of the molecule is CC(=O)c1csc(NC(=O)Cc2csc(Cc3cccc(Cl)c3)n2)n1. The number of carbonyl (C=O) groups is 2. The van der Waals surface area contributed by atoms with Crippen molar-refractivity contribution in [2.75, 3.05) is 5.32 Å². The van der Waals surface area contributed by atoms with Crippen LogP contribution in [0.2, 0.25) is 5.02 Å². The molecule has 0 aliphatic heterocycles. The predicted molar refractivity (Wildman–Crippen MR) is 101 cm³/mol. The van der Waals surface area contributed by atoms with Crippen molar-refractivity contribution < 1.29 is 9.59 Å². The second kappa shape index (κ2) is 7.86. The molecule has 0 saturated carbocycles. The van der Waals surface area contributed by atoms with Gasteiger partial charge in [-0.05, 0) is 17.7 Å². The number of Topliss-reactive ketones (excluding diaryl/α,β-unsaturated/α-hetero) is 1. The van der Waals surface area contributed by atoms with Crippen molar-refractivity contribution in [2.24, 2.45) is 0 Å². The molecule has 0 fully saturated rings. The van der Waals surface area contributed by atoms with E-state index >= 15 is 0 Å². The average Bonchev–Trinajstić information content (AvgIpc) is 3.17. The van der Waals surface area contributed by atoms with E-state index in [-0.39, 0.29) is 18.1 Å². The first-order valence-corrected chi connectivity index (χ1v) is 9.57. The fourth-order valence-electron chi connectivity index (χ4n) is 2.15. The van der Waals surface area contributed by atoms with Gasteiger partial charge in [0.05, 0.1) is 17.1 Å². The van der Waals surface area contributed by atoms with Crippen molar-refractivity contribution in [3.05, 3.63) is 62.0 Å². The summed E-state index contributed by atoms with van der Waals surface area (Å²) in [5.41, 5.74) is 2.15. The molecule has 0 saturated heterocycles. The van der Waals surface area contributed by atoms with Crippen LogP contribution in [0.5, 0.6) is 0 Å². The van der Waals surface area contributed by atoms with E-state index in [1.807, 2.05) is 29.6 Å². The Morgan fingerprint density at radius 1 is 1.20 bits per heavy atom. The topological polar surface area (TPSA) is 72.0 Å². The van der Waals surface area contributed by atoms with Crippen LogP contribution in [0.3, 0.4) is 0 Å². The first-order chi connectivity index (χ1) is 12.0. The number of anilines is 1. The van der Waals surface area contributed by atoms with Crippen LogP contribution in [0.1, 0.15) is 33.7 Å². The zero-order valence-corrected chi connectivity index (χ0v) is 15.7. The van der Waals surface area contributed by atoms with Gasteiger partial charge in [-0.1, -0.05) is 23.7 Å². The molecule has 1 aromatic carbocycles. The number of aromatic nitrogens is 2. The molecule has 128 valence electrons. The average molecular weight is 392 g/mol. The van der Waals surface area contributed by atoms with Crippen LogP contribution in [-0.4, -0.2) is 21.7 Å². The standard InChI is InChI=1S/C17H14ClN3O2S2/c1-10(22)14-9-25-17(20-14)21-15(23)7-13-8-24-16(19-13)6-11-3-2-4-12(18)5-11/h2-5,8-9H,6-7H2,1H3,(H,20,21,23). The molecule has 8 heteroatoms. The number of halogens is 1. The molecule has 0 aliphatic carbocycles. The van der Waals surface area contributed by atoms with Gasteiger partial charge in [0, 0.05) is 29.1 Å². The maximum atomic E-state index is 12.1. The van der Waals surface area contributed by atoms with Gasteiger partial charge in [0.1, 0.15) is 5.69 Å². The van der Waals surface area contributed by atoms with Crippen molar-refractivity contribution in [3.8, 4) is 0 Å². The summed E-state index contributed by atoms with van der Waals surface area (Å²) in [6.45, 7) is 1.44. The third-order valence-electron chi connectivity index (χ3n) is 3.30. The van der Waals surface area contributed by atoms with Crippen molar-refractivity contribution in [2.45, 2.75) is 19.8 Å². The summed E-state index contributed by atoms with van der Waals surface area (Å²) < 4.78 is 0. The summed E-state index contributed by atoms with van der Waals surface area (Å²) in [7, 11) is 0. The molecule has 5 nitrogen and oxygen atoms in total. The fraction of sp³-hybridized carbons (Fsp3) is 0.176. The van der Waals surface area contributed by atoms with Gasteiger partial charge in [-0.25, -0.2) is 9.97 Å². The van der Waals surface area contributed by atoms with Crippen LogP contribution in [0, 0.1) is 0 Å². The zero-order valence-electron chi connectivity index (χ0n) is 13.3. The fourth-order valence-corrected chi connectivity index (χ4v) is 3.96. The number of hydrogen-bond donors (Lipinski definition) is 1. The van der Waals surface area contributed by atoms with Crippen molar-refractivity contribution in [3.63, 3.8) is 0 Å². The van der Waals surface area contributed by atoms with E-state index in [1.165, 1.54) is 29.6 Å². The van der Waals surface area contributed by atoms with Crippen LogP contribution >= 0.6 is 34.3 Å². The summed E-state index contributed by atoms with van der Waals surface area (Å²) in [6, 6.07) is 7.64. The maximum absolute atomic E-state index is 12.1. The lowest BCUT2D eigenvalue weighted by atomic mass is 10.2. The van der Waals surface area contributed by atoms with Crippen molar-refractivity contribution >= 4 is 51.1 Å². The lowest BCUT2D eigenvalue weighted by Crippen LogP contribution is -2.14. The van der Waals surface area contributed by atoms with Crippen molar-refractivity contribution in [1.29, 1.82) is 0 Å². The monoisotopic (exact) mass is 391 g/mol. The molecule has 0 atom stereocenters. The summed E-state index contributed by atoms with van der Waals surface area (Å²) in [4.78, 5) is 31.9. The minimum absolute atomic E-state index is 0.123. The van der Waals surface area contributed by atoms with Gasteiger partial charge in [-0.15, -0.1) is 22.7 Å².